The van der Waals surface area contributed by atoms with Crippen LogP contribution in [0.3, 0.4) is 0 Å². The van der Waals surface area contributed by atoms with Gasteiger partial charge in [0.25, 0.3) is 0 Å². The van der Waals surface area contributed by atoms with Crippen molar-refractivity contribution in [1.82, 2.24) is 15.3 Å². The van der Waals surface area contributed by atoms with Crippen LogP contribution in [0.1, 0.15) is 32.1 Å². The Labute approximate surface area is 145 Å². The van der Waals surface area contributed by atoms with Gasteiger partial charge in [-0.1, -0.05) is 0 Å². The smallest absolute Gasteiger partial charge is 0.223 e. The highest BCUT2D eigenvalue weighted by Crippen LogP contribution is 2.69. The van der Waals surface area contributed by atoms with Crippen LogP contribution in [0.15, 0.2) is 12.4 Å². The van der Waals surface area contributed by atoms with Crippen molar-refractivity contribution in [2.45, 2.75) is 43.8 Å². The van der Waals surface area contributed by atoms with Gasteiger partial charge in [0.15, 0.2) is 0 Å². The van der Waals surface area contributed by atoms with E-state index in [1.165, 1.54) is 19.3 Å². The molecule has 4 aliphatic rings. The minimum absolute atomic E-state index is 0.0641. The lowest BCUT2D eigenvalue weighted by molar-refractivity contribution is -0.125. The van der Waals surface area contributed by atoms with Crippen LogP contribution in [-0.4, -0.2) is 34.1 Å². The first-order chi connectivity index (χ1) is 12.0. The number of rotatable bonds is 5. The highest BCUT2D eigenvalue weighted by Gasteiger charge is 2.67. The molecule has 4 fully saturated rings. The molecule has 0 aromatic carbocycles. The number of amides is 1. The second-order valence-electron chi connectivity index (χ2n) is 8.36. The lowest BCUT2D eigenvalue weighted by atomic mass is 9.77. The van der Waals surface area contributed by atoms with Crippen LogP contribution in [-0.2, 0) is 4.79 Å². The number of fused-ring (bicyclic) bond motifs is 5. The number of anilines is 1. The molecule has 25 heavy (non-hydrogen) atoms. The lowest BCUT2D eigenvalue weighted by Crippen LogP contribution is -2.56. The largest absolute Gasteiger partial charge is 0.367 e. The van der Waals surface area contributed by atoms with Gasteiger partial charge in [-0.25, -0.2) is 14.4 Å². The third-order valence-corrected chi connectivity index (χ3v) is 6.83. The normalized spacial score (nSPS) is 43.3. The Bertz CT molecular complexity index is 692. The summed E-state index contributed by atoms with van der Waals surface area (Å²) in [6.07, 6.45) is 5.61. The summed E-state index contributed by atoms with van der Waals surface area (Å²) >= 11 is 0. The SMILES string of the molecule is O=C(NC1CC(F)(CNc2cc(F)ncn2)C1)C1[C@@H]2[C@H]3CC[C@H](C3)[C@H]12. The number of hydrogen-bond acceptors (Lipinski definition) is 4. The van der Waals surface area contributed by atoms with Gasteiger partial charge in [-0.2, -0.15) is 4.39 Å². The molecule has 134 valence electrons. The van der Waals surface area contributed by atoms with E-state index in [4.69, 9.17) is 0 Å². The van der Waals surface area contributed by atoms with Crippen LogP contribution < -0.4 is 10.6 Å². The Balaban J connectivity index is 1.09. The van der Waals surface area contributed by atoms with Crippen molar-refractivity contribution in [2.24, 2.45) is 29.6 Å². The molecule has 0 aliphatic heterocycles. The third kappa shape index (κ3) is 2.59. The first kappa shape index (κ1) is 15.5. The molecule has 7 heteroatoms. The van der Waals surface area contributed by atoms with Gasteiger partial charge >= 0.3 is 0 Å². The zero-order valence-electron chi connectivity index (χ0n) is 13.9. The average Bonchev–Trinajstić information content (AvgIpc) is 3.00. The molecule has 1 aromatic rings. The number of nitrogens with one attached hydrogen (secondary N) is 2. The van der Waals surface area contributed by atoms with Gasteiger partial charge in [0, 0.05) is 30.9 Å². The molecule has 4 saturated carbocycles. The topological polar surface area (TPSA) is 66.9 Å². The van der Waals surface area contributed by atoms with E-state index in [1.807, 2.05) is 0 Å². The predicted molar refractivity (Wildman–Crippen MR) is 86.8 cm³/mol. The summed E-state index contributed by atoms with van der Waals surface area (Å²) in [5.41, 5.74) is -1.38. The van der Waals surface area contributed by atoms with Crippen molar-refractivity contribution in [3.63, 3.8) is 0 Å². The van der Waals surface area contributed by atoms with Crippen LogP contribution in [0, 0.1) is 35.5 Å². The fraction of sp³-hybridized carbons (Fsp3) is 0.722. The molecule has 0 radical (unpaired) electrons. The molecule has 0 spiro atoms. The molecular formula is C18H22F2N4O. The van der Waals surface area contributed by atoms with Crippen molar-refractivity contribution >= 4 is 11.7 Å². The molecule has 2 N–H and O–H groups in total. The summed E-state index contributed by atoms with van der Waals surface area (Å²) in [5, 5.41) is 5.86. The zero-order chi connectivity index (χ0) is 17.2. The van der Waals surface area contributed by atoms with Crippen LogP contribution in [0.5, 0.6) is 0 Å². The van der Waals surface area contributed by atoms with Gasteiger partial charge in [-0.15, -0.1) is 0 Å². The maximum absolute atomic E-state index is 14.6. The van der Waals surface area contributed by atoms with Gasteiger partial charge in [-0.3, -0.25) is 4.79 Å². The van der Waals surface area contributed by atoms with E-state index in [-0.39, 0.29) is 30.2 Å². The summed E-state index contributed by atoms with van der Waals surface area (Å²) in [6, 6.07) is 1.06. The van der Waals surface area contributed by atoms with Crippen LogP contribution in [0.25, 0.3) is 0 Å². The molecule has 1 aromatic heterocycles. The van der Waals surface area contributed by atoms with Gasteiger partial charge in [-0.05, 0) is 42.9 Å². The summed E-state index contributed by atoms with van der Waals surface area (Å²) in [6.45, 7) is 0.0641. The van der Waals surface area contributed by atoms with Gasteiger partial charge in [0.1, 0.15) is 17.8 Å². The molecular weight excluding hydrogens is 326 g/mol. The Kier molecular flexibility index (Phi) is 3.31. The van der Waals surface area contributed by atoms with Crippen LogP contribution >= 0.6 is 0 Å². The quantitative estimate of drug-likeness (QED) is 0.802. The molecule has 4 aliphatic carbocycles. The number of carbonyl (C=O) groups excluding carboxylic acids is 1. The lowest BCUT2D eigenvalue weighted by Gasteiger charge is -2.42. The summed E-state index contributed by atoms with van der Waals surface area (Å²) in [4.78, 5) is 19.7. The van der Waals surface area contributed by atoms with Gasteiger partial charge in [0.05, 0.1) is 6.54 Å². The first-order valence-corrected chi connectivity index (χ1v) is 9.23. The van der Waals surface area contributed by atoms with E-state index in [0.717, 1.165) is 24.2 Å². The van der Waals surface area contributed by atoms with E-state index in [0.29, 0.717) is 24.7 Å². The number of nitrogens with zero attached hydrogens (tertiary/aromatic N) is 2. The van der Waals surface area contributed by atoms with E-state index in [2.05, 4.69) is 20.6 Å². The molecule has 1 amide bonds. The van der Waals surface area contributed by atoms with E-state index in [9.17, 15) is 13.6 Å². The highest BCUT2D eigenvalue weighted by molar-refractivity contribution is 5.83. The Morgan fingerprint density at radius 3 is 2.64 bits per heavy atom. The number of halogens is 2. The molecule has 0 saturated heterocycles. The van der Waals surface area contributed by atoms with Crippen molar-refractivity contribution in [2.75, 3.05) is 11.9 Å². The average molecular weight is 348 g/mol. The van der Waals surface area contributed by atoms with E-state index >= 15 is 0 Å². The molecule has 2 bridgehead atoms. The van der Waals surface area contributed by atoms with Crippen molar-refractivity contribution in [1.29, 1.82) is 0 Å². The zero-order valence-corrected chi connectivity index (χ0v) is 13.9. The highest BCUT2D eigenvalue weighted by atomic mass is 19.1. The van der Waals surface area contributed by atoms with E-state index < -0.39 is 11.6 Å². The Hall–Kier alpha value is -1.79. The van der Waals surface area contributed by atoms with E-state index in [1.54, 1.807) is 0 Å². The summed E-state index contributed by atoms with van der Waals surface area (Å²) < 4.78 is 27.6. The minimum atomic E-state index is -1.38. The molecule has 5 atom stereocenters. The fourth-order valence-electron chi connectivity index (χ4n) is 5.72. The van der Waals surface area contributed by atoms with Crippen molar-refractivity contribution < 1.29 is 13.6 Å². The number of aromatic nitrogens is 2. The second-order valence-corrected chi connectivity index (χ2v) is 8.36. The van der Waals surface area contributed by atoms with Crippen LogP contribution in [0.2, 0.25) is 0 Å². The summed E-state index contributed by atoms with van der Waals surface area (Å²) in [7, 11) is 0. The molecule has 1 unspecified atom stereocenters. The minimum Gasteiger partial charge on any atom is -0.367 e. The standard InChI is InChI=1S/C18H22F2N4O/c19-12-4-13(23-8-22-12)21-7-18(20)5-11(6-18)24-17(25)16-14-9-1-2-10(3-9)15(14)16/h4,8-11,14-16H,1-3,5-7H2,(H,24,25)(H,21,22,23)/t9-,10+,11?,14+,15-,16?,18?. The first-order valence-electron chi connectivity index (χ1n) is 9.23. The second kappa shape index (κ2) is 5.35. The Morgan fingerprint density at radius 2 is 1.96 bits per heavy atom. The maximum Gasteiger partial charge on any atom is 0.223 e. The fourth-order valence-corrected chi connectivity index (χ4v) is 5.72. The molecule has 5 rings (SSSR count). The number of hydrogen-bond donors (Lipinski definition) is 2. The molecule has 1 heterocycles. The van der Waals surface area contributed by atoms with Crippen molar-refractivity contribution in [3.8, 4) is 0 Å². The Morgan fingerprint density at radius 1 is 1.24 bits per heavy atom. The summed E-state index contributed by atoms with van der Waals surface area (Å²) in [5.74, 6) is 2.74. The van der Waals surface area contributed by atoms with Gasteiger partial charge in [0.2, 0.25) is 11.9 Å². The predicted octanol–water partition coefficient (Wildman–Crippen LogP) is 2.31. The molecule has 5 nitrogen and oxygen atoms in total. The maximum atomic E-state index is 14.6. The van der Waals surface area contributed by atoms with Crippen molar-refractivity contribution in [3.05, 3.63) is 18.3 Å². The number of carbonyl (C=O) groups is 1. The monoisotopic (exact) mass is 348 g/mol. The number of alkyl halides is 1. The van der Waals surface area contributed by atoms with Gasteiger partial charge < -0.3 is 10.6 Å². The van der Waals surface area contributed by atoms with Crippen LogP contribution in [0.4, 0.5) is 14.6 Å². The third-order valence-electron chi connectivity index (χ3n) is 6.83.